The zero-order valence-corrected chi connectivity index (χ0v) is 46.6. The lowest BCUT2D eigenvalue weighted by Gasteiger charge is -2.27. The van der Waals surface area contributed by atoms with E-state index in [1.165, 1.54) is 98.0 Å². The third-order valence-corrected chi connectivity index (χ3v) is 16.4. The summed E-state index contributed by atoms with van der Waals surface area (Å²) in [5, 5.41) is 15.2. The number of nitrogens with zero attached hydrogens (tertiary/aromatic N) is 2. The fourth-order valence-electron chi connectivity index (χ4n) is 12.7. The number of fused-ring (bicyclic) bond motifs is 6. The topological polar surface area (TPSA) is 24.9 Å². The number of rotatable bonds is 20. The molecule has 13 aromatic rings. The Morgan fingerprint density at radius 2 is 0.625 bits per heavy atom. The average Bonchev–Trinajstić information content (AvgIpc) is 4.20. The first kappa shape index (κ1) is 50.6. The molecular formula is C76H68N2O2. The van der Waals surface area contributed by atoms with Crippen LogP contribution >= 0.6 is 0 Å². The minimum atomic E-state index is 0.715. The zero-order valence-electron chi connectivity index (χ0n) is 46.6. The van der Waals surface area contributed by atoms with E-state index in [-0.39, 0.29) is 0 Å². The van der Waals surface area contributed by atoms with Crippen molar-refractivity contribution in [1.82, 2.24) is 0 Å². The zero-order chi connectivity index (χ0) is 54.1. The van der Waals surface area contributed by atoms with Crippen molar-refractivity contribution >= 4 is 98.8 Å². The first-order chi connectivity index (χ1) is 39.6. The molecule has 13 rings (SSSR count). The third-order valence-electron chi connectivity index (χ3n) is 16.4. The minimum Gasteiger partial charge on any atom is -0.494 e. The van der Waals surface area contributed by atoms with Gasteiger partial charge in [0.25, 0.3) is 0 Å². The summed E-state index contributed by atoms with van der Waals surface area (Å²) >= 11 is 0. The predicted octanol–water partition coefficient (Wildman–Crippen LogP) is 22.0. The lowest BCUT2D eigenvalue weighted by atomic mass is 9.87. The van der Waals surface area contributed by atoms with Crippen LogP contribution in [0, 0.1) is 0 Å². The van der Waals surface area contributed by atoms with E-state index in [0.717, 1.165) is 97.0 Å². The highest BCUT2D eigenvalue weighted by molar-refractivity contribution is 6.47. The van der Waals surface area contributed by atoms with Crippen molar-refractivity contribution in [1.29, 1.82) is 0 Å². The van der Waals surface area contributed by atoms with Gasteiger partial charge in [0.2, 0.25) is 0 Å². The normalized spacial score (nSPS) is 11.8. The standard InChI is InChI=1S/C76H68N2O2/c1-5-9-49-79-59-41-37-57(38-42-59)77(55-33-29-51(19-7-3)30-34-55)67-47-45-65-71-61(67)25-17-27-63(71)73-69(53-21-13-11-14-22-53)76-66-46-48-68(62-26-18-28-64(72(62)66)74(76)70(75(65)73)54-23-15-12-16-24-54)78(56-35-31-52(20-8-4)32-36-56)58-39-43-60(44-40-58)80-50-10-6-2/h11-18,21-48H,5-10,19-20,49-50H2,1-4H3. The Labute approximate surface area is 471 Å². The van der Waals surface area contributed by atoms with Gasteiger partial charge in [0.15, 0.2) is 0 Å². The molecule has 4 nitrogen and oxygen atoms in total. The van der Waals surface area contributed by atoms with Gasteiger partial charge in [-0.25, -0.2) is 0 Å². The molecule has 13 aromatic carbocycles. The molecule has 0 saturated carbocycles. The van der Waals surface area contributed by atoms with Gasteiger partial charge >= 0.3 is 0 Å². The molecule has 0 heterocycles. The molecule has 0 aliphatic heterocycles. The number of aryl methyl sites for hydroxylation is 2. The van der Waals surface area contributed by atoms with Crippen LogP contribution in [-0.2, 0) is 12.8 Å². The molecule has 0 N–H and O–H groups in total. The monoisotopic (exact) mass is 1040 g/mol. The van der Waals surface area contributed by atoms with E-state index in [9.17, 15) is 0 Å². The number of hydrogen-bond donors (Lipinski definition) is 0. The molecule has 0 aliphatic carbocycles. The molecule has 0 spiro atoms. The van der Waals surface area contributed by atoms with Gasteiger partial charge in [0.05, 0.1) is 24.6 Å². The Morgan fingerprint density at radius 3 is 0.975 bits per heavy atom. The molecule has 0 atom stereocenters. The smallest absolute Gasteiger partial charge is 0.119 e. The van der Waals surface area contributed by atoms with E-state index in [1.807, 2.05) is 0 Å². The number of anilines is 6. The predicted molar refractivity (Wildman–Crippen MR) is 343 cm³/mol. The van der Waals surface area contributed by atoms with Gasteiger partial charge in [-0.3, -0.25) is 0 Å². The minimum absolute atomic E-state index is 0.715. The SMILES string of the molecule is CCCCOc1ccc(N(c2ccc(CCC)cc2)c2ccc3c4c(-c5ccccc5)c5c6cccc7c(N(c8ccc(CCC)cc8)c8ccc(OCCCC)cc8)ccc(c5c(-c5ccccc5)c4c4cccc2c43)c76)cc1. The van der Waals surface area contributed by atoms with Gasteiger partial charge in [0, 0.05) is 33.5 Å². The van der Waals surface area contributed by atoms with E-state index in [0.29, 0.717) is 13.2 Å². The van der Waals surface area contributed by atoms with Crippen LogP contribution in [-0.4, -0.2) is 13.2 Å². The largest absolute Gasteiger partial charge is 0.494 e. The third kappa shape index (κ3) is 8.97. The van der Waals surface area contributed by atoms with Crippen molar-refractivity contribution in [3.63, 3.8) is 0 Å². The molecule has 0 saturated heterocycles. The highest BCUT2D eigenvalue weighted by atomic mass is 16.5. The second kappa shape index (κ2) is 22.1. The summed E-state index contributed by atoms with van der Waals surface area (Å²) in [5.74, 6) is 1.79. The van der Waals surface area contributed by atoms with Crippen LogP contribution in [0.3, 0.4) is 0 Å². The lowest BCUT2D eigenvalue weighted by Crippen LogP contribution is -2.10. The van der Waals surface area contributed by atoms with Crippen LogP contribution in [0.5, 0.6) is 11.5 Å². The lowest BCUT2D eigenvalue weighted by molar-refractivity contribution is 0.309. The van der Waals surface area contributed by atoms with Crippen molar-refractivity contribution < 1.29 is 9.47 Å². The van der Waals surface area contributed by atoms with E-state index >= 15 is 0 Å². The first-order valence-electron chi connectivity index (χ1n) is 29.3. The van der Waals surface area contributed by atoms with Crippen LogP contribution < -0.4 is 19.3 Å². The van der Waals surface area contributed by atoms with Crippen molar-refractivity contribution in [2.75, 3.05) is 23.0 Å². The quantitative estimate of drug-likeness (QED) is 0.0710. The van der Waals surface area contributed by atoms with Crippen LogP contribution in [0.2, 0.25) is 0 Å². The molecule has 0 bridgehead atoms. The van der Waals surface area contributed by atoms with Crippen molar-refractivity contribution in [2.24, 2.45) is 0 Å². The molecule has 4 heteroatoms. The molecular weight excluding hydrogens is 973 g/mol. The van der Waals surface area contributed by atoms with Gasteiger partial charge in [-0.2, -0.15) is 0 Å². The Bertz CT molecular complexity index is 3910. The number of ether oxygens (including phenoxy) is 2. The maximum Gasteiger partial charge on any atom is 0.119 e. The van der Waals surface area contributed by atoms with Crippen molar-refractivity contribution in [3.8, 4) is 33.8 Å². The van der Waals surface area contributed by atoms with E-state index in [4.69, 9.17) is 9.47 Å². The summed E-state index contributed by atoms with van der Waals surface area (Å²) in [6.07, 6.45) is 8.58. The highest BCUT2D eigenvalue weighted by Gasteiger charge is 2.30. The molecule has 0 aliphatic rings. The second-order valence-corrected chi connectivity index (χ2v) is 21.6. The first-order valence-corrected chi connectivity index (χ1v) is 29.3. The van der Waals surface area contributed by atoms with E-state index in [2.05, 4.69) is 256 Å². The summed E-state index contributed by atoms with van der Waals surface area (Å²) in [7, 11) is 0. The molecule has 394 valence electrons. The van der Waals surface area contributed by atoms with E-state index < -0.39 is 0 Å². The van der Waals surface area contributed by atoms with Crippen molar-refractivity contribution in [2.45, 2.75) is 79.1 Å². The van der Waals surface area contributed by atoms with Crippen LogP contribution in [0.4, 0.5) is 34.1 Å². The molecule has 0 unspecified atom stereocenters. The Hall–Kier alpha value is -8.86. The second-order valence-electron chi connectivity index (χ2n) is 21.6. The van der Waals surface area contributed by atoms with Gasteiger partial charge in [-0.15, -0.1) is 0 Å². The summed E-state index contributed by atoms with van der Waals surface area (Å²) in [6.45, 7) is 10.3. The fourth-order valence-corrected chi connectivity index (χ4v) is 12.7. The molecule has 0 fully saturated rings. The van der Waals surface area contributed by atoms with Gasteiger partial charge in [0.1, 0.15) is 11.5 Å². The van der Waals surface area contributed by atoms with Crippen molar-refractivity contribution in [3.05, 3.63) is 230 Å². The summed E-state index contributed by atoms with van der Waals surface area (Å²) in [5.41, 5.74) is 14.4. The van der Waals surface area contributed by atoms with Crippen LogP contribution in [0.25, 0.3) is 86.9 Å². The summed E-state index contributed by atoms with van der Waals surface area (Å²) in [4.78, 5) is 4.89. The van der Waals surface area contributed by atoms with Gasteiger partial charge < -0.3 is 19.3 Å². The Balaban J connectivity index is 1.09. The number of hydrogen-bond acceptors (Lipinski definition) is 4. The van der Waals surface area contributed by atoms with Gasteiger partial charge in [-0.1, -0.05) is 187 Å². The molecule has 0 radical (unpaired) electrons. The van der Waals surface area contributed by atoms with Crippen LogP contribution in [0.1, 0.15) is 77.3 Å². The summed E-state index contributed by atoms with van der Waals surface area (Å²) in [6, 6.07) is 81.8. The average molecular weight is 1040 g/mol. The van der Waals surface area contributed by atoms with Crippen LogP contribution in [0.15, 0.2) is 218 Å². The highest BCUT2D eigenvalue weighted by Crippen LogP contribution is 2.58. The van der Waals surface area contributed by atoms with E-state index in [1.54, 1.807) is 0 Å². The number of benzene rings is 11. The number of unbranched alkanes of at least 4 members (excludes halogenated alkanes) is 2. The molecule has 80 heavy (non-hydrogen) atoms. The maximum absolute atomic E-state index is 6.20. The molecule has 0 aromatic heterocycles. The Morgan fingerprint density at radius 1 is 0.287 bits per heavy atom. The fraction of sp³-hybridized carbons (Fsp3) is 0.184. The summed E-state index contributed by atoms with van der Waals surface area (Å²) < 4.78 is 12.4. The maximum atomic E-state index is 6.20. The van der Waals surface area contributed by atoms with Gasteiger partial charge in [-0.05, 0) is 198 Å². The Kier molecular flexibility index (Phi) is 14.0. The molecule has 0 amide bonds.